The van der Waals surface area contributed by atoms with E-state index < -0.39 is 0 Å². The van der Waals surface area contributed by atoms with E-state index in [9.17, 15) is 4.79 Å². The van der Waals surface area contributed by atoms with E-state index in [0.717, 1.165) is 26.6 Å². The zero-order valence-electron chi connectivity index (χ0n) is 15.4. The van der Waals surface area contributed by atoms with Crippen LogP contribution < -0.4 is 0 Å². The Labute approximate surface area is 167 Å². The SMILES string of the molecule is C[C@H]1CN(C(=O)c2cc(-c3ccc(Br)cc3)nc3ccccc23)C[C@H](C)O1. The summed E-state index contributed by atoms with van der Waals surface area (Å²) in [5.41, 5.74) is 3.32. The van der Waals surface area contributed by atoms with E-state index in [1.165, 1.54) is 0 Å². The normalized spacial score (nSPS) is 20.0. The minimum Gasteiger partial charge on any atom is -0.372 e. The predicted molar refractivity (Wildman–Crippen MR) is 111 cm³/mol. The molecule has 2 atom stereocenters. The summed E-state index contributed by atoms with van der Waals surface area (Å²) in [7, 11) is 0. The van der Waals surface area contributed by atoms with Crippen molar-refractivity contribution in [2.45, 2.75) is 26.1 Å². The van der Waals surface area contributed by atoms with Gasteiger partial charge < -0.3 is 9.64 Å². The van der Waals surface area contributed by atoms with Gasteiger partial charge in [-0.3, -0.25) is 4.79 Å². The van der Waals surface area contributed by atoms with Crippen LogP contribution in [0, 0.1) is 0 Å². The topological polar surface area (TPSA) is 42.4 Å². The highest BCUT2D eigenvalue weighted by Crippen LogP contribution is 2.27. The van der Waals surface area contributed by atoms with Crippen molar-refractivity contribution < 1.29 is 9.53 Å². The monoisotopic (exact) mass is 424 g/mol. The number of amides is 1. The number of ether oxygens (including phenoxy) is 1. The molecule has 0 aliphatic carbocycles. The van der Waals surface area contributed by atoms with Crippen molar-refractivity contribution in [3.05, 3.63) is 64.6 Å². The molecule has 1 saturated heterocycles. The minimum atomic E-state index is 0.0361. The zero-order chi connectivity index (χ0) is 19.0. The summed E-state index contributed by atoms with van der Waals surface area (Å²) >= 11 is 3.47. The Morgan fingerprint density at radius 1 is 1.07 bits per heavy atom. The predicted octanol–water partition coefficient (Wildman–Crippen LogP) is 4.91. The van der Waals surface area contributed by atoms with Crippen LogP contribution in [0.4, 0.5) is 0 Å². The molecule has 0 radical (unpaired) electrons. The van der Waals surface area contributed by atoms with Crippen molar-refractivity contribution in [2.24, 2.45) is 0 Å². The quantitative estimate of drug-likeness (QED) is 0.586. The third kappa shape index (κ3) is 3.75. The Morgan fingerprint density at radius 3 is 2.44 bits per heavy atom. The van der Waals surface area contributed by atoms with Gasteiger partial charge in [0.1, 0.15) is 0 Å². The van der Waals surface area contributed by atoms with E-state index in [2.05, 4.69) is 15.9 Å². The van der Waals surface area contributed by atoms with Crippen LogP contribution in [0.5, 0.6) is 0 Å². The molecule has 27 heavy (non-hydrogen) atoms. The lowest BCUT2D eigenvalue weighted by molar-refractivity contribution is -0.0585. The molecular formula is C22H21BrN2O2. The maximum Gasteiger partial charge on any atom is 0.254 e. The third-order valence-electron chi connectivity index (χ3n) is 4.79. The fourth-order valence-electron chi connectivity index (χ4n) is 3.63. The number of carbonyl (C=O) groups excluding carboxylic acids is 1. The lowest BCUT2D eigenvalue weighted by Gasteiger charge is -2.35. The first kappa shape index (κ1) is 18.1. The molecule has 1 aromatic heterocycles. The average molecular weight is 425 g/mol. The van der Waals surface area contributed by atoms with Crippen LogP contribution in [-0.2, 0) is 4.74 Å². The number of fused-ring (bicyclic) bond motifs is 1. The number of aromatic nitrogens is 1. The number of pyridine rings is 1. The van der Waals surface area contributed by atoms with Crippen molar-refractivity contribution in [2.75, 3.05) is 13.1 Å². The van der Waals surface area contributed by atoms with Gasteiger partial charge in [-0.1, -0.05) is 46.3 Å². The summed E-state index contributed by atoms with van der Waals surface area (Å²) in [4.78, 5) is 20.1. The number of carbonyl (C=O) groups is 1. The van der Waals surface area contributed by atoms with Crippen LogP contribution in [0.15, 0.2) is 59.1 Å². The minimum absolute atomic E-state index is 0.0361. The molecular weight excluding hydrogens is 404 g/mol. The summed E-state index contributed by atoms with van der Waals surface area (Å²) < 4.78 is 6.80. The van der Waals surface area contributed by atoms with Crippen molar-refractivity contribution in [1.82, 2.24) is 9.88 Å². The summed E-state index contributed by atoms with van der Waals surface area (Å²) in [6, 6.07) is 17.7. The van der Waals surface area contributed by atoms with E-state index in [-0.39, 0.29) is 18.1 Å². The molecule has 0 unspecified atom stereocenters. The van der Waals surface area contributed by atoms with Gasteiger partial charge in [0.15, 0.2) is 0 Å². The Hall–Kier alpha value is -2.24. The Kier molecular flexibility index (Phi) is 4.98. The summed E-state index contributed by atoms with van der Waals surface area (Å²) in [6.07, 6.45) is 0.0773. The van der Waals surface area contributed by atoms with Gasteiger partial charge in [-0.15, -0.1) is 0 Å². The molecule has 0 bridgehead atoms. The second kappa shape index (κ2) is 7.41. The fraction of sp³-hybridized carbons (Fsp3) is 0.273. The van der Waals surface area contributed by atoms with Crippen molar-refractivity contribution in [3.63, 3.8) is 0 Å². The van der Waals surface area contributed by atoms with E-state index in [1.807, 2.05) is 73.3 Å². The lowest BCUT2D eigenvalue weighted by Crippen LogP contribution is -2.48. The summed E-state index contributed by atoms with van der Waals surface area (Å²) in [5.74, 6) is 0.0361. The number of hydrogen-bond donors (Lipinski definition) is 0. The van der Waals surface area contributed by atoms with Gasteiger partial charge in [0, 0.05) is 28.5 Å². The molecule has 138 valence electrons. The van der Waals surface area contributed by atoms with Crippen molar-refractivity contribution in [3.8, 4) is 11.3 Å². The van der Waals surface area contributed by atoms with Gasteiger partial charge in [0.25, 0.3) is 5.91 Å². The van der Waals surface area contributed by atoms with Crippen LogP contribution in [0.2, 0.25) is 0 Å². The first-order valence-electron chi connectivity index (χ1n) is 9.12. The second-order valence-electron chi connectivity index (χ2n) is 7.05. The number of para-hydroxylation sites is 1. The molecule has 4 rings (SSSR count). The molecule has 2 aromatic carbocycles. The third-order valence-corrected chi connectivity index (χ3v) is 5.32. The van der Waals surface area contributed by atoms with E-state index in [0.29, 0.717) is 18.7 Å². The standard InChI is InChI=1S/C22H21BrN2O2/c1-14-12-25(13-15(2)27-14)22(26)19-11-21(16-7-9-17(23)10-8-16)24-20-6-4-3-5-18(19)20/h3-11,14-15H,12-13H2,1-2H3/t14-,15-/m0/s1. The molecule has 0 saturated carbocycles. The fourth-order valence-corrected chi connectivity index (χ4v) is 3.90. The first-order chi connectivity index (χ1) is 13.0. The van der Waals surface area contributed by atoms with Crippen LogP contribution in [-0.4, -0.2) is 41.1 Å². The smallest absolute Gasteiger partial charge is 0.254 e. The first-order valence-corrected chi connectivity index (χ1v) is 9.91. The van der Waals surface area contributed by atoms with Gasteiger partial charge in [0.2, 0.25) is 0 Å². The second-order valence-corrected chi connectivity index (χ2v) is 7.96. The number of nitrogens with zero attached hydrogens (tertiary/aromatic N) is 2. The number of rotatable bonds is 2. The number of halogens is 1. The van der Waals surface area contributed by atoms with Gasteiger partial charge in [-0.25, -0.2) is 4.98 Å². The highest BCUT2D eigenvalue weighted by Gasteiger charge is 2.28. The van der Waals surface area contributed by atoms with Crippen LogP contribution in [0.25, 0.3) is 22.2 Å². The molecule has 3 aromatic rings. The maximum absolute atomic E-state index is 13.4. The molecule has 1 fully saturated rings. The number of hydrogen-bond acceptors (Lipinski definition) is 3. The molecule has 0 N–H and O–H groups in total. The maximum atomic E-state index is 13.4. The Bertz CT molecular complexity index is 977. The lowest BCUT2D eigenvalue weighted by atomic mass is 10.0. The van der Waals surface area contributed by atoms with Gasteiger partial charge in [0.05, 0.1) is 29.0 Å². The summed E-state index contributed by atoms with van der Waals surface area (Å²) in [6.45, 7) is 5.22. The average Bonchev–Trinajstić information content (AvgIpc) is 2.66. The molecule has 1 aliphatic rings. The van der Waals surface area contributed by atoms with Gasteiger partial charge in [-0.05, 0) is 38.1 Å². The van der Waals surface area contributed by atoms with Gasteiger partial charge >= 0.3 is 0 Å². The highest BCUT2D eigenvalue weighted by atomic mass is 79.9. The number of benzene rings is 2. The van der Waals surface area contributed by atoms with Crippen LogP contribution >= 0.6 is 15.9 Å². The molecule has 4 nitrogen and oxygen atoms in total. The van der Waals surface area contributed by atoms with E-state index in [4.69, 9.17) is 9.72 Å². The largest absolute Gasteiger partial charge is 0.372 e. The van der Waals surface area contributed by atoms with Gasteiger partial charge in [-0.2, -0.15) is 0 Å². The molecule has 0 spiro atoms. The van der Waals surface area contributed by atoms with Crippen LogP contribution in [0.3, 0.4) is 0 Å². The van der Waals surface area contributed by atoms with Crippen molar-refractivity contribution in [1.29, 1.82) is 0 Å². The summed E-state index contributed by atoms with van der Waals surface area (Å²) in [5, 5.41) is 0.884. The van der Waals surface area contributed by atoms with Crippen LogP contribution in [0.1, 0.15) is 24.2 Å². The van der Waals surface area contributed by atoms with Crippen molar-refractivity contribution >= 4 is 32.7 Å². The number of morpholine rings is 1. The highest BCUT2D eigenvalue weighted by molar-refractivity contribution is 9.10. The molecule has 1 aliphatic heterocycles. The molecule has 2 heterocycles. The zero-order valence-corrected chi connectivity index (χ0v) is 16.9. The van der Waals surface area contributed by atoms with E-state index in [1.54, 1.807) is 0 Å². The Balaban J connectivity index is 1.81. The Morgan fingerprint density at radius 2 is 1.74 bits per heavy atom. The molecule has 1 amide bonds. The van der Waals surface area contributed by atoms with E-state index >= 15 is 0 Å². The molecule has 5 heteroatoms.